The van der Waals surface area contributed by atoms with Crippen LogP contribution in [0.2, 0.25) is 0 Å². The van der Waals surface area contributed by atoms with Crippen LogP contribution < -0.4 is 16.1 Å². The minimum Gasteiger partial charge on any atom is -0.508 e. The van der Waals surface area contributed by atoms with Crippen LogP contribution in [0, 0.1) is 5.92 Å². The summed E-state index contributed by atoms with van der Waals surface area (Å²) >= 11 is 0. The van der Waals surface area contributed by atoms with Gasteiger partial charge in [-0.05, 0) is 63.9 Å². The first-order valence-electron chi connectivity index (χ1n) is 11.8. The molecule has 0 aromatic heterocycles. The van der Waals surface area contributed by atoms with E-state index in [0.29, 0.717) is 25.3 Å². The lowest BCUT2D eigenvalue weighted by Crippen LogP contribution is -2.59. The first kappa shape index (κ1) is 33.7. The largest absolute Gasteiger partial charge is 0.508 e. The molecule has 0 aliphatic carbocycles. The smallest absolute Gasteiger partial charge is 0.324 e. The number of amides is 1. The van der Waals surface area contributed by atoms with Gasteiger partial charge in [-0.3, -0.25) is 14.6 Å². The molecule has 0 spiro atoms. The van der Waals surface area contributed by atoms with E-state index in [9.17, 15) is 19.5 Å². The molecule has 0 aromatic rings. The molecule has 3 unspecified atom stereocenters. The Kier molecular flexibility index (Phi) is 19.7. The number of rotatable bonds is 10. The highest BCUT2D eigenvalue weighted by molar-refractivity contribution is 5.83. The summed E-state index contributed by atoms with van der Waals surface area (Å²) < 4.78 is 4.73. The molecule has 1 fully saturated rings. The summed E-state index contributed by atoms with van der Waals surface area (Å²) in [7, 11) is 4.82. The molecule has 1 aliphatic rings. The van der Waals surface area contributed by atoms with Gasteiger partial charge in [-0.1, -0.05) is 40.3 Å². The third-order valence-electron chi connectivity index (χ3n) is 5.11. The minimum absolute atomic E-state index is 0.0231. The van der Waals surface area contributed by atoms with Gasteiger partial charge in [-0.25, -0.2) is 5.43 Å². The number of allylic oxidation sites excluding steroid dienone is 3. The fourth-order valence-electron chi connectivity index (χ4n) is 3.03. The second-order valence-electron chi connectivity index (χ2n) is 7.71. The number of carbonyl (C=O) groups is 3. The van der Waals surface area contributed by atoms with Crippen LogP contribution in [0.15, 0.2) is 36.1 Å². The summed E-state index contributed by atoms with van der Waals surface area (Å²) in [5.41, 5.74) is 3.66. The molecule has 3 atom stereocenters. The molecule has 1 heterocycles. The molecule has 1 saturated heterocycles. The number of aliphatic hydroxyl groups is 1. The van der Waals surface area contributed by atoms with Gasteiger partial charge in [0.2, 0.25) is 0 Å². The Labute approximate surface area is 205 Å². The molecule has 4 N–H and O–H groups in total. The van der Waals surface area contributed by atoms with Gasteiger partial charge in [-0.15, -0.1) is 0 Å². The highest BCUT2D eigenvalue weighted by atomic mass is 16.5. The number of hydrogen-bond acceptors (Lipinski definition) is 8. The third-order valence-corrected chi connectivity index (χ3v) is 5.11. The van der Waals surface area contributed by atoms with E-state index in [1.165, 1.54) is 12.1 Å². The van der Waals surface area contributed by atoms with Crippen LogP contribution in [0.25, 0.3) is 0 Å². The van der Waals surface area contributed by atoms with Crippen molar-refractivity contribution in [1.29, 1.82) is 0 Å². The van der Waals surface area contributed by atoms with E-state index >= 15 is 0 Å². The van der Waals surface area contributed by atoms with Gasteiger partial charge in [0, 0.05) is 6.54 Å². The predicted molar refractivity (Wildman–Crippen MR) is 137 cm³/mol. The van der Waals surface area contributed by atoms with Crippen LogP contribution in [0.1, 0.15) is 53.9 Å². The van der Waals surface area contributed by atoms with Gasteiger partial charge >= 0.3 is 5.97 Å². The molecule has 0 radical (unpaired) electrons. The zero-order valence-corrected chi connectivity index (χ0v) is 22.2. The highest BCUT2D eigenvalue weighted by Crippen LogP contribution is 2.14. The van der Waals surface area contributed by atoms with E-state index in [0.717, 1.165) is 18.3 Å². The van der Waals surface area contributed by atoms with Gasteiger partial charge in [-0.2, -0.15) is 0 Å². The monoisotopic (exact) mass is 482 g/mol. The lowest BCUT2D eigenvalue weighted by molar-refractivity contribution is -0.150. The summed E-state index contributed by atoms with van der Waals surface area (Å²) in [6.07, 6.45) is 7.41. The van der Waals surface area contributed by atoms with Crippen LogP contribution in [0.5, 0.6) is 0 Å². The zero-order valence-electron chi connectivity index (χ0n) is 22.2. The molecule has 1 aliphatic heterocycles. The van der Waals surface area contributed by atoms with Crippen molar-refractivity contribution in [2.45, 2.75) is 72.0 Å². The summed E-state index contributed by atoms with van der Waals surface area (Å²) in [6.45, 7) is 14.0. The standard InChI is InChI=1S/C17H27N3O4.C6H13NO.C2H6/c1-5-12(10-13(21)6-2)11-15(18-3)16(22)20-9-7-8-14(19-20)17(23)24-4;1-5(2)6(4-8)7-3;1-2/h5-6,10,14-15,18-19,21H,1,7-9,11H2,2-4H3;4-7H,1-3H3;1-2H3/b12-10+,13-6+;;. The third kappa shape index (κ3) is 12.7. The Hall–Kier alpha value is -2.49. The Bertz CT molecular complexity index is 676. The average molecular weight is 483 g/mol. The molecule has 9 nitrogen and oxygen atoms in total. The van der Waals surface area contributed by atoms with Gasteiger partial charge in [0.1, 0.15) is 18.1 Å². The summed E-state index contributed by atoms with van der Waals surface area (Å²) in [5.74, 6) is -0.0245. The number of esters is 1. The molecule has 1 rings (SSSR count). The average Bonchev–Trinajstić information content (AvgIpc) is 2.87. The first-order chi connectivity index (χ1) is 16.2. The lowest BCUT2D eigenvalue weighted by Gasteiger charge is -2.34. The van der Waals surface area contributed by atoms with Crippen LogP contribution in [0.4, 0.5) is 0 Å². The molecule has 1 amide bonds. The maximum absolute atomic E-state index is 12.7. The number of hydrogen-bond donors (Lipinski definition) is 4. The number of ether oxygens (including phenoxy) is 1. The molecular weight excluding hydrogens is 436 g/mol. The summed E-state index contributed by atoms with van der Waals surface area (Å²) in [4.78, 5) is 34.5. The Morgan fingerprint density at radius 2 is 1.88 bits per heavy atom. The van der Waals surface area contributed by atoms with E-state index in [1.54, 1.807) is 39.2 Å². The van der Waals surface area contributed by atoms with Crippen LogP contribution >= 0.6 is 0 Å². The van der Waals surface area contributed by atoms with Crippen LogP contribution in [0.3, 0.4) is 0 Å². The molecule has 34 heavy (non-hydrogen) atoms. The maximum atomic E-state index is 12.7. The van der Waals surface area contributed by atoms with Crippen molar-refractivity contribution in [3.05, 3.63) is 36.1 Å². The zero-order chi connectivity index (χ0) is 26.7. The number of methoxy groups -OCH3 is 1. The van der Waals surface area contributed by atoms with Crippen LogP contribution in [-0.4, -0.2) is 74.2 Å². The first-order valence-corrected chi connectivity index (χ1v) is 11.8. The Morgan fingerprint density at radius 3 is 2.26 bits per heavy atom. The fraction of sp³-hybridized carbons (Fsp3) is 0.640. The topological polar surface area (TPSA) is 120 Å². The maximum Gasteiger partial charge on any atom is 0.324 e. The number of aldehydes is 1. The quantitative estimate of drug-likeness (QED) is 0.162. The van der Waals surface area contributed by atoms with Crippen molar-refractivity contribution in [3.63, 3.8) is 0 Å². The van der Waals surface area contributed by atoms with Crippen LogP contribution in [-0.2, 0) is 19.1 Å². The normalized spacial score (nSPS) is 17.9. The van der Waals surface area contributed by atoms with E-state index < -0.39 is 12.1 Å². The SMILES string of the molecule is C=C/C(=C\C(O)=C/C)CC(NC)C(=O)N1CCCC(C(=O)OC)N1.CC.CNC(C=O)C(C)C. The predicted octanol–water partition coefficient (Wildman–Crippen LogP) is 2.66. The number of nitrogens with one attached hydrogen (secondary N) is 3. The number of likely N-dealkylation sites (N-methyl/N-ethyl adjacent to an activating group) is 2. The minimum atomic E-state index is -0.508. The Balaban J connectivity index is 0. The van der Waals surface area contributed by atoms with E-state index in [-0.39, 0.29) is 23.7 Å². The number of nitrogens with zero attached hydrogens (tertiary/aromatic N) is 1. The van der Waals surface area contributed by atoms with E-state index in [2.05, 4.69) is 22.6 Å². The molecule has 0 saturated carbocycles. The molecule has 196 valence electrons. The van der Waals surface area contributed by atoms with Crippen molar-refractivity contribution in [3.8, 4) is 0 Å². The second-order valence-corrected chi connectivity index (χ2v) is 7.71. The highest BCUT2D eigenvalue weighted by Gasteiger charge is 2.31. The number of aliphatic hydroxyl groups excluding tert-OH is 1. The lowest BCUT2D eigenvalue weighted by atomic mass is 10.0. The van der Waals surface area contributed by atoms with Crippen molar-refractivity contribution < 1.29 is 24.2 Å². The summed E-state index contributed by atoms with van der Waals surface area (Å²) in [6, 6.07) is -0.982. The van der Waals surface area contributed by atoms with Gasteiger partial charge < -0.3 is 25.3 Å². The number of hydrazine groups is 1. The van der Waals surface area contributed by atoms with Crippen molar-refractivity contribution >= 4 is 18.2 Å². The Morgan fingerprint density at radius 1 is 1.26 bits per heavy atom. The second kappa shape index (κ2) is 19.9. The van der Waals surface area contributed by atoms with Crippen molar-refractivity contribution in [2.24, 2.45) is 5.92 Å². The van der Waals surface area contributed by atoms with Crippen molar-refractivity contribution in [1.82, 2.24) is 21.1 Å². The summed E-state index contributed by atoms with van der Waals surface area (Å²) in [5, 5.41) is 16.9. The van der Waals surface area contributed by atoms with Crippen molar-refractivity contribution in [2.75, 3.05) is 27.7 Å². The van der Waals surface area contributed by atoms with E-state index in [1.807, 2.05) is 27.7 Å². The van der Waals surface area contributed by atoms with Gasteiger partial charge in [0.15, 0.2) is 0 Å². The molecular formula is C25H46N4O5. The molecule has 9 heteroatoms. The molecule has 0 aromatic carbocycles. The van der Waals surface area contributed by atoms with Gasteiger partial charge in [0.25, 0.3) is 5.91 Å². The van der Waals surface area contributed by atoms with Gasteiger partial charge in [0.05, 0.1) is 19.2 Å². The fourth-order valence-corrected chi connectivity index (χ4v) is 3.03. The van der Waals surface area contributed by atoms with E-state index in [4.69, 9.17) is 4.74 Å². The number of carbonyl (C=O) groups excluding carboxylic acids is 3. The molecule has 0 bridgehead atoms.